The van der Waals surface area contributed by atoms with E-state index in [1.165, 1.54) is 20.2 Å². The molecule has 8 heteroatoms. The van der Waals surface area contributed by atoms with E-state index in [1.807, 2.05) is 0 Å². The molecule has 0 saturated heterocycles. The zero-order chi connectivity index (χ0) is 18.8. The Morgan fingerprint density at radius 1 is 1.27 bits per heavy atom. The summed E-state index contributed by atoms with van der Waals surface area (Å²) in [5.74, 6) is 0.586. The molecule has 8 nitrogen and oxygen atoms in total. The Labute approximate surface area is 152 Å². The highest BCUT2D eigenvalue weighted by molar-refractivity contribution is 5.78. The molecule has 4 rings (SSSR count). The van der Waals surface area contributed by atoms with Gasteiger partial charge < -0.3 is 25.2 Å². The van der Waals surface area contributed by atoms with Crippen molar-refractivity contribution in [3.8, 4) is 11.6 Å². The molecule has 1 heterocycles. The van der Waals surface area contributed by atoms with Gasteiger partial charge in [-0.05, 0) is 38.2 Å². The molecular formula is C18H25N3O5. The number of ether oxygens (including phenoxy) is 2. The molecule has 1 aromatic heterocycles. The van der Waals surface area contributed by atoms with Gasteiger partial charge in [-0.25, -0.2) is 4.98 Å². The van der Waals surface area contributed by atoms with Crippen molar-refractivity contribution in [3.63, 3.8) is 0 Å². The maximum atomic E-state index is 12.3. The lowest BCUT2D eigenvalue weighted by atomic mass is 9.60. The van der Waals surface area contributed by atoms with Crippen LogP contribution in [0.3, 0.4) is 0 Å². The SMILES string of the molecule is COc1ccc(OCC(=O)NC23CCC(NC(C)=O)(CC2)[C@@H](O)C3)cn1. The highest BCUT2D eigenvalue weighted by atomic mass is 16.5. The van der Waals surface area contributed by atoms with Gasteiger partial charge >= 0.3 is 0 Å². The topological polar surface area (TPSA) is 110 Å². The van der Waals surface area contributed by atoms with Crippen LogP contribution in [0.2, 0.25) is 0 Å². The van der Waals surface area contributed by atoms with E-state index in [0.717, 1.165) is 12.8 Å². The number of fused-ring (bicyclic) bond motifs is 3. The van der Waals surface area contributed by atoms with E-state index in [4.69, 9.17) is 9.47 Å². The molecule has 3 N–H and O–H groups in total. The van der Waals surface area contributed by atoms with Crippen LogP contribution in [-0.2, 0) is 9.59 Å². The minimum atomic E-state index is -0.666. The number of carbonyl (C=O) groups excluding carboxylic acids is 2. The number of hydrogen-bond acceptors (Lipinski definition) is 6. The van der Waals surface area contributed by atoms with Gasteiger partial charge in [0.1, 0.15) is 5.75 Å². The number of nitrogens with one attached hydrogen (secondary N) is 2. The Hall–Kier alpha value is -2.35. The van der Waals surface area contributed by atoms with Gasteiger partial charge in [-0.15, -0.1) is 0 Å². The van der Waals surface area contributed by atoms with Gasteiger partial charge in [0, 0.05) is 18.5 Å². The van der Waals surface area contributed by atoms with Crippen LogP contribution in [0.1, 0.15) is 39.0 Å². The molecular weight excluding hydrogens is 338 g/mol. The van der Waals surface area contributed by atoms with E-state index >= 15 is 0 Å². The molecule has 0 spiro atoms. The minimum Gasteiger partial charge on any atom is -0.482 e. The van der Waals surface area contributed by atoms with Gasteiger partial charge in [-0.3, -0.25) is 9.59 Å². The number of nitrogens with zero attached hydrogens (tertiary/aromatic N) is 1. The van der Waals surface area contributed by atoms with Crippen molar-refractivity contribution < 1.29 is 24.2 Å². The molecule has 1 aromatic rings. The van der Waals surface area contributed by atoms with E-state index in [0.29, 0.717) is 30.9 Å². The van der Waals surface area contributed by atoms with E-state index in [-0.39, 0.29) is 18.4 Å². The number of aliphatic hydroxyl groups is 1. The van der Waals surface area contributed by atoms with Crippen molar-refractivity contribution in [1.29, 1.82) is 0 Å². The van der Waals surface area contributed by atoms with Crippen molar-refractivity contribution in [3.05, 3.63) is 18.3 Å². The number of hydrogen-bond donors (Lipinski definition) is 3. The fourth-order valence-corrected chi connectivity index (χ4v) is 4.07. The Kier molecular flexibility index (Phi) is 5.04. The van der Waals surface area contributed by atoms with Crippen molar-refractivity contribution >= 4 is 11.8 Å². The maximum absolute atomic E-state index is 12.3. The second-order valence-electron chi connectivity index (χ2n) is 7.21. The van der Waals surface area contributed by atoms with Crippen LogP contribution in [0.25, 0.3) is 0 Å². The highest BCUT2D eigenvalue weighted by Crippen LogP contribution is 2.47. The molecule has 26 heavy (non-hydrogen) atoms. The standard InChI is InChI=1S/C18H25N3O5/c1-12(22)20-18-7-5-17(6-8-18,9-14(18)23)21-15(24)11-26-13-3-4-16(25-2)19-10-13/h3-4,10,14,23H,5-9,11H2,1-2H3,(H,20,22)(H,21,24)/t14-,17?,18?/m0/s1. The molecule has 3 aliphatic rings. The molecule has 0 unspecified atom stereocenters. The van der Waals surface area contributed by atoms with Gasteiger partial charge in [0.05, 0.1) is 24.9 Å². The summed E-state index contributed by atoms with van der Waals surface area (Å²) >= 11 is 0. The first-order valence-electron chi connectivity index (χ1n) is 8.77. The first-order valence-corrected chi connectivity index (χ1v) is 8.77. The monoisotopic (exact) mass is 363 g/mol. The quantitative estimate of drug-likeness (QED) is 0.680. The smallest absolute Gasteiger partial charge is 0.258 e. The zero-order valence-electron chi connectivity index (χ0n) is 15.1. The number of pyridine rings is 1. The van der Waals surface area contributed by atoms with Crippen LogP contribution in [0, 0.1) is 0 Å². The number of methoxy groups -OCH3 is 1. The molecule has 3 aliphatic carbocycles. The Morgan fingerprint density at radius 2 is 2.00 bits per heavy atom. The first kappa shape index (κ1) is 18.4. The van der Waals surface area contributed by atoms with Crippen LogP contribution in [-0.4, -0.2) is 52.8 Å². The lowest BCUT2D eigenvalue weighted by molar-refractivity contribution is -0.134. The largest absolute Gasteiger partial charge is 0.482 e. The first-order chi connectivity index (χ1) is 12.4. The van der Waals surface area contributed by atoms with Crippen LogP contribution in [0.4, 0.5) is 0 Å². The summed E-state index contributed by atoms with van der Waals surface area (Å²) in [4.78, 5) is 27.8. The Bertz CT molecular complexity index is 668. The van der Waals surface area contributed by atoms with Gasteiger partial charge in [0.25, 0.3) is 5.91 Å². The van der Waals surface area contributed by atoms with Crippen LogP contribution in [0.15, 0.2) is 18.3 Å². The lowest BCUT2D eigenvalue weighted by Gasteiger charge is -2.56. The summed E-state index contributed by atoms with van der Waals surface area (Å²) in [6.07, 6.45) is 4.01. The predicted molar refractivity (Wildman–Crippen MR) is 92.8 cm³/mol. The summed E-state index contributed by atoms with van der Waals surface area (Å²) in [6, 6.07) is 3.34. The fraction of sp³-hybridized carbons (Fsp3) is 0.611. The third kappa shape index (κ3) is 3.75. The number of amides is 2. The number of carbonyl (C=O) groups is 2. The molecule has 2 amide bonds. The predicted octanol–water partition coefficient (Wildman–Crippen LogP) is 0.538. The van der Waals surface area contributed by atoms with Crippen molar-refractivity contribution in [2.75, 3.05) is 13.7 Å². The molecule has 1 atom stereocenters. The molecule has 3 saturated carbocycles. The molecule has 0 aromatic carbocycles. The average Bonchev–Trinajstić information content (AvgIpc) is 2.61. The Morgan fingerprint density at radius 3 is 2.54 bits per heavy atom. The summed E-state index contributed by atoms with van der Waals surface area (Å²) in [7, 11) is 1.53. The van der Waals surface area contributed by atoms with Crippen LogP contribution in [0.5, 0.6) is 11.6 Å². The normalized spacial score (nSPS) is 29.7. The third-order valence-electron chi connectivity index (χ3n) is 5.44. The van der Waals surface area contributed by atoms with E-state index in [9.17, 15) is 14.7 Å². The zero-order valence-corrected chi connectivity index (χ0v) is 15.1. The molecule has 142 valence electrons. The third-order valence-corrected chi connectivity index (χ3v) is 5.44. The molecule has 2 bridgehead atoms. The van der Waals surface area contributed by atoms with E-state index < -0.39 is 17.2 Å². The van der Waals surface area contributed by atoms with Crippen molar-refractivity contribution in [2.24, 2.45) is 0 Å². The van der Waals surface area contributed by atoms with Gasteiger partial charge in [-0.1, -0.05) is 0 Å². The van der Waals surface area contributed by atoms with Gasteiger partial charge in [0.15, 0.2) is 6.61 Å². The van der Waals surface area contributed by atoms with Crippen LogP contribution < -0.4 is 20.1 Å². The Balaban J connectivity index is 1.54. The fourth-order valence-electron chi connectivity index (χ4n) is 4.07. The van der Waals surface area contributed by atoms with Gasteiger partial charge in [-0.2, -0.15) is 0 Å². The van der Waals surface area contributed by atoms with Gasteiger partial charge in [0.2, 0.25) is 11.8 Å². The molecule has 0 radical (unpaired) electrons. The summed E-state index contributed by atoms with van der Waals surface area (Å²) in [5, 5.41) is 16.5. The second kappa shape index (κ2) is 7.11. The summed E-state index contributed by atoms with van der Waals surface area (Å²) in [6.45, 7) is 1.34. The van der Waals surface area contributed by atoms with E-state index in [2.05, 4.69) is 15.6 Å². The number of aliphatic hydroxyl groups excluding tert-OH is 1. The minimum absolute atomic E-state index is 0.122. The average molecular weight is 363 g/mol. The van der Waals surface area contributed by atoms with Crippen molar-refractivity contribution in [1.82, 2.24) is 15.6 Å². The lowest BCUT2D eigenvalue weighted by Crippen LogP contribution is -2.70. The van der Waals surface area contributed by atoms with Crippen LogP contribution >= 0.6 is 0 Å². The summed E-state index contributed by atoms with van der Waals surface area (Å²) < 4.78 is 10.4. The number of aromatic nitrogens is 1. The number of rotatable bonds is 6. The molecule has 3 fully saturated rings. The van der Waals surface area contributed by atoms with E-state index in [1.54, 1.807) is 12.1 Å². The highest BCUT2D eigenvalue weighted by Gasteiger charge is 2.55. The second-order valence-corrected chi connectivity index (χ2v) is 7.21. The maximum Gasteiger partial charge on any atom is 0.258 e. The van der Waals surface area contributed by atoms with Crippen molar-refractivity contribution in [2.45, 2.75) is 56.2 Å². The summed E-state index contributed by atoms with van der Waals surface area (Å²) in [5.41, 5.74) is -0.984. The molecule has 0 aliphatic heterocycles.